The van der Waals surface area contributed by atoms with Crippen LogP contribution in [0.5, 0.6) is 0 Å². The normalized spacial score (nSPS) is 22.2. The molecule has 112 valence electrons. The van der Waals surface area contributed by atoms with Crippen LogP contribution in [0.3, 0.4) is 0 Å². The number of nitrogens with one attached hydrogen (secondary N) is 2. The Hall–Kier alpha value is -0.950. The lowest BCUT2D eigenvalue weighted by Crippen LogP contribution is -2.32. The summed E-state index contributed by atoms with van der Waals surface area (Å²) in [5.41, 5.74) is 1.08. The molecule has 0 amide bonds. The van der Waals surface area contributed by atoms with Crippen molar-refractivity contribution < 1.29 is 8.42 Å². The molecule has 1 saturated heterocycles. The van der Waals surface area contributed by atoms with Gasteiger partial charge in [0, 0.05) is 12.1 Å². The summed E-state index contributed by atoms with van der Waals surface area (Å²) in [7, 11) is -3.61. The summed E-state index contributed by atoms with van der Waals surface area (Å²) in [6.07, 6.45) is 3.49. The molecule has 1 aliphatic heterocycles. The van der Waals surface area contributed by atoms with Crippen molar-refractivity contribution in [3.63, 3.8) is 0 Å². The van der Waals surface area contributed by atoms with Crippen molar-refractivity contribution in [1.82, 2.24) is 10.6 Å². The molecule has 0 bridgehead atoms. The first kappa shape index (κ1) is 15.4. The Morgan fingerprint density at radius 1 is 1.25 bits per heavy atom. The lowest BCUT2D eigenvalue weighted by molar-refractivity contribution is 0.421. The van der Waals surface area contributed by atoms with Crippen LogP contribution >= 0.6 is 0 Å². The van der Waals surface area contributed by atoms with Crippen LogP contribution in [0.4, 0.5) is 0 Å². The molecule has 1 heterocycles. The van der Waals surface area contributed by atoms with Crippen molar-refractivity contribution in [1.29, 1.82) is 0 Å². The number of primary sulfonamides is 1. The summed E-state index contributed by atoms with van der Waals surface area (Å²) in [4.78, 5) is 0.159. The molecule has 2 atom stereocenters. The smallest absolute Gasteiger partial charge is 0.238 e. The molecule has 0 radical (unpaired) electrons. The SMILES string of the molecule is CC(NC1CCCNCC1)c1ccc(S(N)(=O)=O)cc1. The Balaban J connectivity index is 1.99. The number of sulfonamides is 1. The first-order chi connectivity index (χ1) is 9.47. The molecule has 1 fully saturated rings. The number of rotatable bonds is 4. The van der Waals surface area contributed by atoms with Crippen molar-refractivity contribution >= 4 is 10.0 Å². The van der Waals surface area contributed by atoms with Crippen LogP contribution in [0, 0.1) is 0 Å². The van der Waals surface area contributed by atoms with Gasteiger partial charge in [-0.25, -0.2) is 13.6 Å². The van der Waals surface area contributed by atoms with E-state index in [-0.39, 0.29) is 10.9 Å². The van der Waals surface area contributed by atoms with Crippen LogP contribution in [0.15, 0.2) is 29.2 Å². The van der Waals surface area contributed by atoms with Gasteiger partial charge >= 0.3 is 0 Å². The summed E-state index contributed by atoms with van der Waals surface area (Å²) >= 11 is 0. The molecule has 2 rings (SSSR count). The van der Waals surface area contributed by atoms with E-state index in [0.717, 1.165) is 25.1 Å². The molecule has 1 aromatic rings. The molecule has 1 aliphatic rings. The van der Waals surface area contributed by atoms with E-state index in [0.29, 0.717) is 6.04 Å². The standard InChI is InChI=1S/C14H23N3O2S/c1-11(17-13-3-2-9-16-10-8-13)12-4-6-14(7-5-12)20(15,18)19/h4-7,11,13,16-17H,2-3,8-10H2,1H3,(H2,15,18,19). The fraction of sp³-hybridized carbons (Fsp3) is 0.571. The molecule has 6 heteroatoms. The minimum absolute atomic E-state index is 0.159. The van der Waals surface area contributed by atoms with Crippen LogP contribution in [0.2, 0.25) is 0 Å². The molecule has 0 spiro atoms. The van der Waals surface area contributed by atoms with Crippen LogP contribution in [0.25, 0.3) is 0 Å². The second-order valence-corrected chi connectivity index (χ2v) is 6.94. The third kappa shape index (κ3) is 4.28. The number of hydrogen-bond acceptors (Lipinski definition) is 4. The van der Waals surface area contributed by atoms with Crippen LogP contribution < -0.4 is 15.8 Å². The molecular formula is C14H23N3O2S. The zero-order valence-corrected chi connectivity index (χ0v) is 12.6. The maximum atomic E-state index is 11.2. The predicted molar refractivity (Wildman–Crippen MR) is 79.9 cm³/mol. The Labute approximate surface area is 121 Å². The topological polar surface area (TPSA) is 84.2 Å². The van der Waals surface area contributed by atoms with E-state index in [1.807, 2.05) is 12.1 Å². The summed E-state index contributed by atoms with van der Waals surface area (Å²) in [6, 6.07) is 7.50. The van der Waals surface area contributed by atoms with Gasteiger partial charge in [-0.05, 0) is 57.0 Å². The highest BCUT2D eigenvalue weighted by Crippen LogP contribution is 2.18. The van der Waals surface area contributed by atoms with Crippen molar-refractivity contribution in [3.8, 4) is 0 Å². The predicted octanol–water partition coefficient (Wildman–Crippen LogP) is 1.13. The minimum Gasteiger partial charge on any atom is -0.317 e. The highest BCUT2D eigenvalue weighted by Gasteiger charge is 2.15. The Kier molecular flexibility index (Phi) is 5.15. The Bertz CT molecular complexity index is 520. The lowest BCUT2D eigenvalue weighted by atomic mass is 10.0. The zero-order valence-electron chi connectivity index (χ0n) is 11.8. The second-order valence-electron chi connectivity index (χ2n) is 5.38. The van der Waals surface area contributed by atoms with E-state index in [1.165, 1.54) is 12.8 Å². The molecular weight excluding hydrogens is 274 g/mol. The Morgan fingerprint density at radius 3 is 2.60 bits per heavy atom. The van der Waals surface area contributed by atoms with Gasteiger partial charge in [0.15, 0.2) is 0 Å². The maximum absolute atomic E-state index is 11.2. The highest BCUT2D eigenvalue weighted by atomic mass is 32.2. The molecule has 0 aliphatic carbocycles. The molecule has 20 heavy (non-hydrogen) atoms. The monoisotopic (exact) mass is 297 g/mol. The molecule has 5 nitrogen and oxygen atoms in total. The van der Waals surface area contributed by atoms with Gasteiger partial charge in [0.2, 0.25) is 10.0 Å². The summed E-state index contributed by atoms with van der Waals surface area (Å²) in [5.74, 6) is 0. The van der Waals surface area contributed by atoms with Crippen molar-refractivity contribution in [3.05, 3.63) is 29.8 Å². The third-order valence-electron chi connectivity index (χ3n) is 3.77. The minimum atomic E-state index is -3.61. The summed E-state index contributed by atoms with van der Waals surface area (Å²) in [6.45, 7) is 4.24. The van der Waals surface area contributed by atoms with Crippen LogP contribution in [-0.4, -0.2) is 27.5 Å². The highest BCUT2D eigenvalue weighted by molar-refractivity contribution is 7.89. The van der Waals surface area contributed by atoms with Crippen molar-refractivity contribution in [2.24, 2.45) is 5.14 Å². The van der Waals surface area contributed by atoms with E-state index in [4.69, 9.17) is 5.14 Å². The van der Waals surface area contributed by atoms with E-state index in [1.54, 1.807) is 12.1 Å². The van der Waals surface area contributed by atoms with E-state index in [2.05, 4.69) is 17.6 Å². The van der Waals surface area contributed by atoms with E-state index >= 15 is 0 Å². The van der Waals surface area contributed by atoms with Gasteiger partial charge in [-0.2, -0.15) is 0 Å². The van der Waals surface area contributed by atoms with Gasteiger partial charge in [0.1, 0.15) is 0 Å². The van der Waals surface area contributed by atoms with Crippen molar-refractivity contribution in [2.45, 2.75) is 43.2 Å². The lowest BCUT2D eigenvalue weighted by Gasteiger charge is -2.22. The summed E-state index contributed by atoms with van der Waals surface area (Å²) in [5, 5.41) is 12.1. The number of nitrogens with two attached hydrogens (primary N) is 1. The van der Waals surface area contributed by atoms with Gasteiger partial charge in [0.05, 0.1) is 4.90 Å². The molecule has 1 aromatic carbocycles. The average Bonchev–Trinajstić information content (AvgIpc) is 2.66. The third-order valence-corrected chi connectivity index (χ3v) is 4.70. The molecule has 4 N–H and O–H groups in total. The largest absolute Gasteiger partial charge is 0.317 e. The second kappa shape index (κ2) is 6.67. The fourth-order valence-electron chi connectivity index (χ4n) is 2.58. The van der Waals surface area contributed by atoms with E-state index in [9.17, 15) is 8.42 Å². The van der Waals surface area contributed by atoms with Gasteiger partial charge < -0.3 is 10.6 Å². The number of benzene rings is 1. The van der Waals surface area contributed by atoms with Gasteiger partial charge in [-0.15, -0.1) is 0 Å². The molecule has 0 saturated carbocycles. The summed E-state index contributed by atoms with van der Waals surface area (Å²) < 4.78 is 22.4. The average molecular weight is 297 g/mol. The van der Waals surface area contributed by atoms with Gasteiger partial charge in [0.25, 0.3) is 0 Å². The quantitative estimate of drug-likeness (QED) is 0.778. The zero-order chi connectivity index (χ0) is 14.6. The molecule has 0 aromatic heterocycles. The first-order valence-electron chi connectivity index (χ1n) is 7.06. The first-order valence-corrected chi connectivity index (χ1v) is 8.61. The molecule has 2 unspecified atom stereocenters. The van der Waals surface area contributed by atoms with Crippen LogP contribution in [-0.2, 0) is 10.0 Å². The maximum Gasteiger partial charge on any atom is 0.238 e. The van der Waals surface area contributed by atoms with Crippen LogP contribution in [0.1, 0.15) is 37.8 Å². The number of hydrogen-bond donors (Lipinski definition) is 3. The Morgan fingerprint density at radius 2 is 1.95 bits per heavy atom. The van der Waals surface area contributed by atoms with E-state index < -0.39 is 10.0 Å². The van der Waals surface area contributed by atoms with Gasteiger partial charge in [-0.1, -0.05) is 12.1 Å². The van der Waals surface area contributed by atoms with Crippen molar-refractivity contribution in [2.75, 3.05) is 13.1 Å². The fourth-order valence-corrected chi connectivity index (χ4v) is 3.10. The van der Waals surface area contributed by atoms with Gasteiger partial charge in [-0.3, -0.25) is 0 Å².